The Labute approximate surface area is 232 Å². The highest BCUT2D eigenvalue weighted by Gasteiger charge is 2.24. The van der Waals surface area contributed by atoms with Gasteiger partial charge in [0.15, 0.2) is 0 Å². The van der Waals surface area contributed by atoms with Crippen LogP contribution in [-0.4, -0.2) is 89.4 Å². The van der Waals surface area contributed by atoms with Gasteiger partial charge in [-0.15, -0.1) is 0 Å². The number of para-hydroxylation sites is 2. The summed E-state index contributed by atoms with van der Waals surface area (Å²) < 4.78 is 11.0. The summed E-state index contributed by atoms with van der Waals surface area (Å²) in [6.07, 6.45) is 1.32. The summed E-state index contributed by atoms with van der Waals surface area (Å²) in [6.45, 7) is 12.2. The van der Waals surface area contributed by atoms with Gasteiger partial charge >= 0.3 is 0 Å². The Morgan fingerprint density at radius 3 is 2.33 bits per heavy atom. The molecule has 212 valence electrons. The van der Waals surface area contributed by atoms with Crippen LogP contribution >= 0.6 is 0 Å². The molecular weight excluding hydrogens is 494 g/mol. The SMILES string of the molecule is COc1ccccc1N1CCN(c2ccc(NC(=O)CC(C)C)cc2C(=O)NCCCN2CCOCC2)CC1. The Kier molecular flexibility index (Phi) is 10.4. The Hall–Kier alpha value is -3.30. The van der Waals surface area contributed by atoms with Gasteiger partial charge < -0.3 is 29.9 Å². The van der Waals surface area contributed by atoms with E-state index in [-0.39, 0.29) is 17.7 Å². The molecule has 39 heavy (non-hydrogen) atoms. The van der Waals surface area contributed by atoms with Gasteiger partial charge in [-0.1, -0.05) is 26.0 Å². The smallest absolute Gasteiger partial charge is 0.253 e. The van der Waals surface area contributed by atoms with Crippen LogP contribution in [-0.2, 0) is 9.53 Å². The Balaban J connectivity index is 1.44. The van der Waals surface area contributed by atoms with Gasteiger partial charge in [-0.2, -0.15) is 0 Å². The van der Waals surface area contributed by atoms with Crippen LogP contribution in [0.2, 0.25) is 0 Å². The van der Waals surface area contributed by atoms with E-state index < -0.39 is 0 Å². The molecule has 0 spiro atoms. The first-order valence-electron chi connectivity index (χ1n) is 14.1. The molecule has 2 heterocycles. The second-order valence-corrected chi connectivity index (χ2v) is 10.6. The molecule has 9 heteroatoms. The maximum Gasteiger partial charge on any atom is 0.253 e. The fourth-order valence-electron chi connectivity index (χ4n) is 5.16. The van der Waals surface area contributed by atoms with Crippen molar-refractivity contribution < 1.29 is 19.1 Å². The first-order chi connectivity index (χ1) is 18.9. The molecule has 2 fully saturated rings. The number of rotatable bonds is 11. The summed E-state index contributed by atoms with van der Waals surface area (Å²) in [6, 6.07) is 13.7. The highest BCUT2D eigenvalue weighted by molar-refractivity contribution is 6.02. The van der Waals surface area contributed by atoms with E-state index in [0.717, 1.165) is 82.6 Å². The molecule has 0 unspecified atom stereocenters. The molecular formula is C30H43N5O4. The van der Waals surface area contributed by atoms with E-state index in [1.807, 2.05) is 50.2 Å². The van der Waals surface area contributed by atoms with Crippen LogP contribution in [0, 0.1) is 5.92 Å². The number of carbonyl (C=O) groups excluding carboxylic acids is 2. The molecule has 2 aromatic carbocycles. The van der Waals surface area contributed by atoms with E-state index in [1.165, 1.54) is 0 Å². The number of hydrogen-bond donors (Lipinski definition) is 2. The number of nitrogens with zero attached hydrogens (tertiary/aromatic N) is 3. The van der Waals surface area contributed by atoms with E-state index in [1.54, 1.807) is 7.11 Å². The van der Waals surface area contributed by atoms with Crippen molar-refractivity contribution in [1.29, 1.82) is 0 Å². The molecule has 2 N–H and O–H groups in total. The number of hydrogen-bond acceptors (Lipinski definition) is 7. The van der Waals surface area contributed by atoms with Crippen LogP contribution in [0.3, 0.4) is 0 Å². The minimum absolute atomic E-state index is 0.0416. The molecule has 0 aromatic heterocycles. The summed E-state index contributed by atoms with van der Waals surface area (Å²) in [5, 5.41) is 6.09. The molecule has 2 aliphatic rings. The van der Waals surface area contributed by atoms with E-state index in [0.29, 0.717) is 24.2 Å². The van der Waals surface area contributed by atoms with Crippen LogP contribution < -0.4 is 25.2 Å². The van der Waals surface area contributed by atoms with E-state index in [9.17, 15) is 9.59 Å². The molecule has 9 nitrogen and oxygen atoms in total. The number of ether oxygens (including phenoxy) is 2. The van der Waals surface area contributed by atoms with E-state index >= 15 is 0 Å². The molecule has 0 radical (unpaired) electrons. The Bertz CT molecular complexity index is 1090. The van der Waals surface area contributed by atoms with Crippen molar-refractivity contribution in [2.75, 3.05) is 87.8 Å². The number of piperazine rings is 1. The average molecular weight is 538 g/mol. The zero-order valence-corrected chi connectivity index (χ0v) is 23.6. The van der Waals surface area contributed by atoms with Gasteiger partial charge in [0.1, 0.15) is 5.75 Å². The first-order valence-corrected chi connectivity index (χ1v) is 14.1. The number of anilines is 3. The standard InChI is InChI=1S/C30H43N5O4/c1-23(2)21-29(36)32-24-9-10-26(25(22-24)30(37)31-11-6-12-33-17-19-39-20-18-33)34-13-15-35(16-14-34)27-7-4-5-8-28(27)38-3/h4-5,7-10,22-23H,6,11-21H2,1-3H3,(H,31,37)(H,32,36). The number of amides is 2. The van der Waals surface area contributed by atoms with Crippen molar-refractivity contribution in [3.8, 4) is 5.75 Å². The van der Waals surface area contributed by atoms with Crippen LogP contribution in [0.15, 0.2) is 42.5 Å². The third-order valence-electron chi connectivity index (χ3n) is 7.21. The largest absolute Gasteiger partial charge is 0.495 e. The van der Waals surface area contributed by atoms with Gasteiger partial charge in [-0.05, 0) is 49.2 Å². The molecule has 2 aliphatic heterocycles. The number of methoxy groups -OCH3 is 1. The maximum atomic E-state index is 13.4. The molecule has 2 amide bonds. The minimum Gasteiger partial charge on any atom is -0.495 e. The van der Waals surface area contributed by atoms with Crippen molar-refractivity contribution >= 4 is 28.9 Å². The summed E-state index contributed by atoms with van der Waals surface area (Å²) in [4.78, 5) is 32.8. The molecule has 0 aliphatic carbocycles. The molecule has 4 rings (SSSR count). The summed E-state index contributed by atoms with van der Waals surface area (Å²) in [5.41, 5.74) is 3.22. The third kappa shape index (κ3) is 8.10. The maximum absolute atomic E-state index is 13.4. The lowest BCUT2D eigenvalue weighted by atomic mass is 10.1. The highest BCUT2D eigenvalue weighted by Crippen LogP contribution is 2.31. The lowest BCUT2D eigenvalue weighted by molar-refractivity contribution is -0.116. The number of benzene rings is 2. The predicted octanol–water partition coefficient (Wildman–Crippen LogP) is 3.46. The summed E-state index contributed by atoms with van der Waals surface area (Å²) >= 11 is 0. The average Bonchev–Trinajstić information content (AvgIpc) is 2.95. The van der Waals surface area contributed by atoms with Crippen molar-refractivity contribution in [2.24, 2.45) is 5.92 Å². The van der Waals surface area contributed by atoms with Crippen molar-refractivity contribution in [2.45, 2.75) is 26.7 Å². The Morgan fingerprint density at radius 2 is 1.64 bits per heavy atom. The minimum atomic E-state index is -0.112. The number of nitrogens with one attached hydrogen (secondary N) is 2. The molecule has 2 saturated heterocycles. The molecule has 0 bridgehead atoms. The van der Waals surface area contributed by atoms with Crippen molar-refractivity contribution in [3.63, 3.8) is 0 Å². The normalized spacial score (nSPS) is 16.3. The lowest BCUT2D eigenvalue weighted by Crippen LogP contribution is -2.47. The zero-order valence-electron chi connectivity index (χ0n) is 23.6. The molecule has 0 atom stereocenters. The van der Waals surface area contributed by atoms with Crippen LogP contribution in [0.1, 0.15) is 37.0 Å². The van der Waals surface area contributed by atoms with Gasteiger partial charge in [0, 0.05) is 63.6 Å². The van der Waals surface area contributed by atoms with Gasteiger partial charge in [0.25, 0.3) is 5.91 Å². The van der Waals surface area contributed by atoms with Gasteiger partial charge in [-0.3, -0.25) is 14.5 Å². The van der Waals surface area contributed by atoms with Crippen molar-refractivity contribution in [1.82, 2.24) is 10.2 Å². The topological polar surface area (TPSA) is 86.4 Å². The summed E-state index contributed by atoms with van der Waals surface area (Å²) in [7, 11) is 1.70. The Morgan fingerprint density at radius 1 is 0.949 bits per heavy atom. The monoisotopic (exact) mass is 537 g/mol. The van der Waals surface area contributed by atoms with Gasteiger partial charge in [0.05, 0.1) is 31.6 Å². The second-order valence-electron chi connectivity index (χ2n) is 10.6. The second kappa shape index (κ2) is 14.2. The molecule has 2 aromatic rings. The fraction of sp³-hybridized carbons (Fsp3) is 0.533. The van der Waals surface area contributed by atoms with E-state index in [4.69, 9.17) is 9.47 Å². The zero-order chi connectivity index (χ0) is 27.6. The van der Waals surface area contributed by atoms with Crippen molar-refractivity contribution in [3.05, 3.63) is 48.0 Å². The molecule has 0 saturated carbocycles. The summed E-state index contributed by atoms with van der Waals surface area (Å²) in [5.74, 6) is 0.974. The predicted molar refractivity (Wildman–Crippen MR) is 156 cm³/mol. The fourth-order valence-corrected chi connectivity index (χ4v) is 5.16. The third-order valence-corrected chi connectivity index (χ3v) is 7.21. The first kappa shape index (κ1) is 28.7. The highest BCUT2D eigenvalue weighted by atomic mass is 16.5. The number of morpholine rings is 1. The number of carbonyl (C=O) groups is 2. The van der Waals surface area contributed by atoms with Gasteiger partial charge in [0.2, 0.25) is 5.91 Å². The van der Waals surface area contributed by atoms with E-state index in [2.05, 4.69) is 31.4 Å². The van der Waals surface area contributed by atoms with Crippen LogP contribution in [0.25, 0.3) is 0 Å². The van der Waals surface area contributed by atoms with Gasteiger partial charge in [-0.25, -0.2) is 0 Å². The lowest BCUT2D eigenvalue weighted by Gasteiger charge is -2.38. The van der Waals surface area contributed by atoms with Crippen LogP contribution in [0.4, 0.5) is 17.1 Å². The van der Waals surface area contributed by atoms with Crippen LogP contribution in [0.5, 0.6) is 5.75 Å². The quantitative estimate of drug-likeness (QED) is 0.425.